The van der Waals surface area contributed by atoms with Gasteiger partial charge in [0.25, 0.3) is 0 Å². The number of hydrogen-bond donors (Lipinski definition) is 1. The van der Waals surface area contributed by atoms with E-state index in [4.69, 9.17) is 10.5 Å². The van der Waals surface area contributed by atoms with Gasteiger partial charge in [-0.2, -0.15) is 5.10 Å². The van der Waals surface area contributed by atoms with Gasteiger partial charge in [-0.15, -0.1) is 0 Å². The Morgan fingerprint density at radius 1 is 1.40 bits per heavy atom. The zero-order valence-electron chi connectivity index (χ0n) is 12.1. The third-order valence-corrected chi connectivity index (χ3v) is 3.19. The number of nitrogens with zero attached hydrogens (tertiary/aromatic N) is 3. The Morgan fingerprint density at radius 2 is 2.25 bits per heavy atom. The molecule has 0 aliphatic rings. The van der Waals surface area contributed by atoms with Crippen molar-refractivity contribution in [1.82, 2.24) is 14.8 Å². The number of ether oxygens (including phenoxy) is 1. The molecule has 2 rings (SSSR count). The minimum atomic E-state index is 0.123. The predicted molar refractivity (Wildman–Crippen MR) is 78.7 cm³/mol. The smallest absolute Gasteiger partial charge is 0.140 e. The average molecular weight is 274 g/mol. The minimum Gasteiger partial charge on any atom is -0.490 e. The van der Waals surface area contributed by atoms with Crippen molar-refractivity contribution in [3.8, 4) is 5.75 Å². The van der Waals surface area contributed by atoms with Crippen LogP contribution in [0.3, 0.4) is 0 Å². The fourth-order valence-corrected chi connectivity index (χ4v) is 1.95. The molecule has 0 saturated carbocycles. The van der Waals surface area contributed by atoms with Crippen LogP contribution in [-0.2, 0) is 13.0 Å². The first kappa shape index (κ1) is 14.5. The molecule has 0 radical (unpaired) electrons. The first-order valence-corrected chi connectivity index (χ1v) is 7.01. The minimum absolute atomic E-state index is 0.123. The van der Waals surface area contributed by atoms with Crippen molar-refractivity contribution in [2.24, 2.45) is 5.73 Å². The van der Waals surface area contributed by atoms with Gasteiger partial charge in [0.1, 0.15) is 12.4 Å². The van der Waals surface area contributed by atoms with Gasteiger partial charge in [0.15, 0.2) is 0 Å². The van der Waals surface area contributed by atoms with E-state index in [0.717, 1.165) is 36.5 Å². The molecule has 1 unspecified atom stereocenters. The molecule has 0 fully saturated rings. The molecule has 0 spiro atoms. The SMILES string of the molecule is CCC(N)Cc1nc(C)ccc1OCCn1cccn1. The van der Waals surface area contributed by atoms with E-state index in [1.54, 1.807) is 6.20 Å². The Bertz CT molecular complexity index is 525. The van der Waals surface area contributed by atoms with Crippen LogP contribution in [0.25, 0.3) is 0 Å². The first-order chi connectivity index (χ1) is 9.69. The average Bonchev–Trinajstić information content (AvgIpc) is 2.94. The molecular weight excluding hydrogens is 252 g/mol. The van der Waals surface area contributed by atoms with Crippen molar-refractivity contribution in [2.45, 2.75) is 39.3 Å². The number of nitrogens with two attached hydrogens (primary N) is 1. The van der Waals surface area contributed by atoms with Gasteiger partial charge in [-0.3, -0.25) is 9.67 Å². The van der Waals surface area contributed by atoms with Gasteiger partial charge < -0.3 is 10.5 Å². The molecule has 2 aromatic rings. The van der Waals surface area contributed by atoms with Crippen LogP contribution in [-0.4, -0.2) is 27.4 Å². The summed E-state index contributed by atoms with van der Waals surface area (Å²) >= 11 is 0. The van der Waals surface area contributed by atoms with Crippen LogP contribution in [0.1, 0.15) is 24.7 Å². The third kappa shape index (κ3) is 4.06. The zero-order chi connectivity index (χ0) is 14.4. The van der Waals surface area contributed by atoms with E-state index in [2.05, 4.69) is 17.0 Å². The molecule has 0 aromatic carbocycles. The first-order valence-electron chi connectivity index (χ1n) is 7.01. The Hall–Kier alpha value is -1.88. The molecule has 0 amide bonds. The quantitative estimate of drug-likeness (QED) is 0.838. The van der Waals surface area contributed by atoms with Crippen LogP contribution in [0.5, 0.6) is 5.75 Å². The summed E-state index contributed by atoms with van der Waals surface area (Å²) in [4.78, 5) is 4.55. The van der Waals surface area contributed by atoms with Gasteiger partial charge in [-0.05, 0) is 31.5 Å². The second-order valence-electron chi connectivity index (χ2n) is 4.89. The van der Waals surface area contributed by atoms with Crippen molar-refractivity contribution in [1.29, 1.82) is 0 Å². The summed E-state index contributed by atoms with van der Waals surface area (Å²) in [5.74, 6) is 0.826. The van der Waals surface area contributed by atoms with Crippen LogP contribution >= 0.6 is 0 Å². The summed E-state index contributed by atoms with van der Waals surface area (Å²) in [6, 6.07) is 5.96. The molecule has 20 heavy (non-hydrogen) atoms. The lowest BCUT2D eigenvalue weighted by Crippen LogP contribution is -2.22. The lowest BCUT2D eigenvalue weighted by molar-refractivity contribution is 0.286. The molecule has 108 valence electrons. The molecule has 2 heterocycles. The maximum atomic E-state index is 6.02. The van der Waals surface area contributed by atoms with Gasteiger partial charge in [0.05, 0.1) is 12.2 Å². The van der Waals surface area contributed by atoms with Crippen molar-refractivity contribution in [2.75, 3.05) is 6.61 Å². The third-order valence-electron chi connectivity index (χ3n) is 3.19. The number of pyridine rings is 1. The van der Waals surface area contributed by atoms with Crippen LogP contribution < -0.4 is 10.5 Å². The summed E-state index contributed by atoms with van der Waals surface area (Å²) in [5.41, 5.74) is 7.95. The Kier molecular flexibility index (Phi) is 5.12. The highest BCUT2D eigenvalue weighted by atomic mass is 16.5. The van der Waals surface area contributed by atoms with Gasteiger partial charge >= 0.3 is 0 Å². The summed E-state index contributed by atoms with van der Waals surface area (Å²) in [6.45, 7) is 5.36. The van der Waals surface area contributed by atoms with E-state index in [9.17, 15) is 0 Å². The largest absolute Gasteiger partial charge is 0.490 e. The lowest BCUT2D eigenvalue weighted by atomic mass is 10.1. The van der Waals surface area contributed by atoms with Crippen LogP contribution in [0.15, 0.2) is 30.6 Å². The molecule has 0 aliphatic carbocycles. The van der Waals surface area contributed by atoms with Crippen molar-refractivity contribution in [3.63, 3.8) is 0 Å². The highest BCUT2D eigenvalue weighted by molar-refractivity contribution is 5.30. The fraction of sp³-hybridized carbons (Fsp3) is 0.467. The Balaban J connectivity index is 1.98. The van der Waals surface area contributed by atoms with E-state index in [0.29, 0.717) is 6.61 Å². The van der Waals surface area contributed by atoms with E-state index >= 15 is 0 Å². The second-order valence-corrected chi connectivity index (χ2v) is 4.89. The monoisotopic (exact) mass is 274 g/mol. The molecular formula is C15H22N4O. The Morgan fingerprint density at radius 3 is 2.95 bits per heavy atom. The van der Waals surface area contributed by atoms with Crippen molar-refractivity contribution in [3.05, 3.63) is 42.0 Å². The number of aryl methyl sites for hydroxylation is 1. The molecule has 0 bridgehead atoms. The summed E-state index contributed by atoms with van der Waals surface area (Å²) in [5, 5.41) is 4.15. The van der Waals surface area contributed by atoms with E-state index in [1.165, 1.54) is 0 Å². The van der Waals surface area contributed by atoms with Gasteiger partial charge in [-0.1, -0.05) is 6.92 Å². The standard InChI is InChI=1S/C15H22N4O/c1-3-13(16)11-14-15(6-5-12(2)18-14)20-10-9-19-8-4-7-17-19/h4-8,13H,3,9-11,16H2,1-2H3. The van der Waals surface area contributed by atoms with Crippen molar-refractivity contribution >= 4 is 0 Å². The van der Waals surface area contributed by atoms with E-state index in [1.807, 2.05) is 36.0 Å². The summed E-state index contributed by atoms with van der Waals surface area (Å²) < 4.78 is 7.68. The number of aromatic nitrogens is 3. The maximum Gasteiger partial charge on any atom is 0.140 e. The van der Waals surface area contributed by atoms with Gasteiger partial charge in [0, 0.05) is 30.6 Å². The number of hydrogen-bond acceptors (Lipinski definition) is 4. The maximum absolute atomic E-state index is 6.02. The lowest BCUT2D eigenvalue weighted by Gasteiger charge is -2.14. The predicted octanol–water partition coefficient (Wildman–Crippen LogP) is 1.95. The highest BCUT2D eigenvalue weighted by Crippen LogP contribution is 2.19. The zero-order valence-corrected chi connectivity index (χ0v) is 12.1. The normalized spacial score (nSPS) is 12.3. The van der Waals surface area contributed by atoms with Gasteiger partial charge in [-0.25, -0.2) is 0 Å². The van der Waals surface area contributed by atoms with Crippen LogP contribution in [0.2, 0.25) is 0 Å². The van der Waals surface area contributed by atoms with Gasteiger partial charge in [0.2, 0.25) is 0 Å². The summed E-state index contributed by atoms with van der Waals surface area (Å²) in [7, 11) is 0. The highest BCUT2D eigenvalue weighted by Gasteiger charge is 2.10. The van der Waals surface area contributed by atoms with Crippen LogP contribution in [0.4, 0.5) is 0 Å². The molecule has 0 aliphatic heterocycles. The summed E-state index contributed by atoms with van der Waals surface area (Å²) in [6.07, 6.45) is 5.36. The second kappa shape index (κ2) is 7.05. The molecule has 0 saturated heterocycles. The fourth-order valence-electron chi connectivity index (χ4n) is 1.95. The topological polar surface area (TPSA) is 66.0 Å². The molecule has 2 aromatic heterocycles. The molecule has 1 atom stereocenters. The van der Waals surface area contributed by atoms with Crippen LogP contribution in [0, 0.1) is 6.92 Å². The molecule has 2 N–H and O–H groups in total. The van der Waals surface area contributed by atoms with E-state index < -0.39 is 0 Å². The van der Waals surface area contributed by atoms with Crippen molar-refractivity contribution < 1.29 is 4.74 Å². The van der Waals surface area contributed by atoms with E-state index in [-0.39, 0.29) is 6.04 Å². The number of rotatable bonds is 7. The Labute approximate surface area is 119 Å². The molecule has 5 heteroatoms. The molecule has 5 nitrogen and oxygen atoms in total.